The molecule has 0 radical (unpaired) electrons. The average Bonchev–Trinajstić information content (AvgIpc) is 2.82. The molecule has 2 aromatic rings. The summed E-state index contributed by atoms with van der Waals surface area (Å²) in [4.78, 5) is 33.2. The van der Waals surface area contributed by atoms with E-state index in [1.54, 1.807) is 45.5 Å². The summed E-state index contributed by atoms with van der Waals surface area (Å²) in [6.07, 6.45) is 7.77. The molecule has 1 aliphatic rings. The number of hydrogen-bond acceptors (Lipinski definition) is 7. The number of aromatic nitrogens is 2. The van der Waals surface area contributed by atoms with E-state index in [1.807, 2.05) is 0 Å². The fourth-order valence-electron chi connectivity index (χ4n) is 4.47. The van der Waals surface area contributed by atoms with E-state index >= 15 is 0 Å². The van der Waals surface area contributed by atoms with Crippen LogP contribution in [0.25, 0.3) is 0 Å². The largest absolute Gasteiger partial charge is 0.495 e. The van der Waals surface area contributed by atoms with Gasteiger partial charge < -0.3 is 24.9 Å². The second-order valence-electron chi connectivity index (χ2n) is 8.69. The van der Waals surface area contributed by atoms with Crippen molar-refractivity contribution in [1.29, 1.82) is 0 Å². The second-order valence-corrected chi connectivity index (χ2v) is 9.55. The van der Waals surface area contributed by atoms with Crippen molar-refractivity contribution in [1.82, 2.24) is 15.3 Å². The van der Waals surface area contributed by atoms with Crippen LogP contribution in [-0.2, 0) is 16.0 Å². The second kappa shape index (κ2) is 12.8. The normalized spacial score (nSPS) is 17.8. The number of halogens is 1. The fraction of sp³-hybridized carbons (Fsp3) is 0.520. The SMILES string of the molecule is COCCNC(=O)c1ccc(Nc2ncc(Br)c(C[C@@H]3CCCC[C@H]3CC(C)=O)n2)c(OC)c1. The number of hydrogen-bond donors (Lipinski definition) is 2. The van der Waals surface area contributed by atoms with E-state index in [-0.39, 0.29) is 11.7 Å². The smallest absolute Gasteiger partial charge is 0.251 e. The average molecular weight is 533 g/mol. The van der Waals surface area contributed by atoms with Crippen molar-refractivity contribution in [3.05, 3.63) is 40.1 Å². The van der Waals surface area contributed by atoms with Crippen LogP contribution in [0.2, 0.25) is 0 Å². The maximum atomic E-state index is 12.3. The predicted octanol–water partition coefficient (Wildman–Crippen LogP) is 4.70. The third-order valence-corrected chi connectivity index (χ3v) is 6.85. The van der Waals surface area contributed by atoms with Crippen LogP contribution in [0.15, 0.2) is 28.9 Å². The van der Waals surface area contributed by atoms with Crippen molar-refractivity contribution in [3.8, 4) is 5.75 Å². The van der Waals surface area contributed by atoms with Gasteiger partial charge in [0, 0.05) is 31.8 Å². The monoisotopic (exact) mass is 532 g/mol. The molecule has 2 atom stereocenters. The van der Waals surface area contributed by atoms with Crippen LogP contribution >= 0.6 is 15.9 Å². The topological polar surface area (TPSA) is 102 Å². The number of rotatable bonds is 11. The number of ether oxygens (including phenoxy) is 2. The Kier molecular flexibility index (Phi) is 9.83. The Bertz CT molecular complexity index is 1000. The number of carbonyl (C=O) groups excluding carboxylic acids is 2. The number of methoxy groups -OCH3 is 2. The molecule has 0 spiro atoms. The van der Waals surface area contributed by atoms with E-state index < -0.39 is 0 Å². The van der Waals surface area contributed by atoms with Crippen LogP contribution in [0.5, 0.6) is 5.75 Å². The zero-order chi connectivity index (χ0) is 24.5. The molecule has 1 saturated carbocycles. The Labute approximate surface area is 209 Å². The van der Waals surface area contributed by atoms with Crippen molar-refractivity contribution < 1.29 is 19.1 Å². The molecule has 1 aromatic heterocycles. The van der Waals surface area contributed by atoms with Gasteiger partial charge in [0.25, 0.3) is 5.91 Å². The van der Waals surface area contributed by atoms with E-state index in [0.717, 1.165) is 29.4 Å². The van der Waals surface area contributed by atoms with Crippen LogP contribution in [0, 0.1) is 11.8 Å². The molecule has 0 unspecified atom stereocenters. The highest BCUT2D eigenvalue weighted by atomic mass is 79.9. The molecule has 184 valence electrons. The van der Waals surface area contributed by atoms with Crippen LogP contribution in [-0.4, -0.2) is 49.0 Å². The molecule has 1 amide bonds. The van der Waals surface area contributed by atoms with Crippen molar-refractivity contribution in [2.24, 2.45) is 11.8 Å². The molecule has 34 heavy (non-hydrogen) atoms. The first-order chi connectivity index (χ1) is 16.4. The van der Waals surface area contributed by atoms with E-state index in [0.29, 0.717) is 54.4 Å². The van der Waals surface area contributed by atoms with Crippen molar-refractivity contribution in [3.63, 3.8) is 0 Å². The van der Waals surface area contributed by atoms with Gasteiger partial charge in [0.1, 0.15) is 11.5 Å². The molecule has 1 aliphatic carbocycles. The van der Waals surface area contributed by atoms with Gasteiger partial charge >= 0.3 is 0 Å². The van der Waals surface area contributed by atoms with Gasteiger partial charge in [-0.3, -0.25) is 4.79 Å². The summed E-state index contributed by atoms with van der Waals surface area (Å²) >= 11 is 3.60. The summed E-state index contributed by atoms with van der Waals surface area (Å²) < 4.78 is 11.3. The molecule has 2 N–H and O–H groups in total. The lowest BCUT2D eigenvalue weighted by molar-refractivity contribution is -0.118. The third-order valence-electron chi connectivity index (χ3n) is 6.19. The first kappa shape index (κ1) is 26.1. The van der Waals surface area contributed by atoms with Crippen molar-refractivity contribution in [2.75, 3.05) is 32.7 Å². The summed E-state index contributed by atoms with van der Waals surface area (Å²) in [5, 5.41) is 6.01. The molecule has 3 rings (SSSR count). The van der Waals surface area contributed by atoms with Gasteiger partial charge in [-0.25, -0.2) is 9.97 Å². The minimum absolute atomic E-state index is 0.198. The molecule has 1 fully saturated rings. The van der Waals surface area contributed by atoms with Gasteiger partial charge in [0.15, 0.2) is 0 Å². The van der Waals surface area contributed by atoms with Gasteiger partial charge in [-0.05, 0) is 72.2 Å². The summed E-state index contributed by atoms with van der Waals surface area (Å²) in [5.74, 6) is 1.86. The predicted molar refractivity (Wildman–Crippen MR) is 135 cm³/mol. The molecular formula is C25H33BrN4O4. The summed E-state index contributed by atoms with van der Waals surface area (Å²) in [5.41, 5.74) is 2.08. The lowest BCUT2D eigenvalue weighted by Gasteiger charge is -2.31. The van der Waals surface area contributed by atoms with Gasteiger partial charge in [0.05, 0.1) is 29.6 Å². The standard InChI is InChI=1S/C25H33BrN4O4/c1-16(31)12-17-6-4-5-7-18(17)13-22-20(26)15-28-25(30-22)29-21-9-8-19(14-23(21)34-3)24(32)27-10-11-33-2/h8-9,14-15,17-18H,4-7,10-13H2,1-3H3,(H,27,32)(H,28,29,30)/t17-,18-/m0/s1. The zero-order valence-corrected chi connectivity index (χ0v) is 21.6. The van der Waals surface area contributed by atoms with Gasteiger partial charge in [-0.15, -0.1) is 0 Å². The van der Waals surface area contributed by atoms with E-state index in [9.17, 15) is 9.59 Å². The highest BCUT2D eigenvalue weighted by molar-refractivity contribution is 9.10. The Morgan fingerprint density at radius 2 is 1.94 bits per heavy atom. The fourth-order valence-corrected chi connectivity index (χ4v) is 4.82. The highest BCUT2D eigenvalue weighted by Crippen LogP contribution is 2.36. The van der Waals surface area contributed by atoms with Crippen LogP contribution in [0.1, 0.15) is 55.1 Å². The first-order valence-electron chi connectivity index (χ1n) is 11.6. The number of nitrogens with one attached hydrogen (secondary N) is 2. The summed E-state index contributed by atoms with van der Waals surface area (Å²) in [7, 11) is 3.14. The van der Waals surface area contributed by atoms with Crippen LogP contribution in [0.3, 0.4) is 0 Å². The molecule has 0 bridgehead atoms. The highest BCUT2D eigenvalue weighted by Gasteiger charge is 2.27. The lowest BCUT2D eigenvalue weighted by atomic mass is 9.75. The minimum Gasteiger partial charge on any atom is -0.495 e. The molecule has 1 aromatic carbocycles. The number of amides is 1. The number of anilines is 2. The quantitative estimate of drug-likeness (QED) is 0.404. The molecule has 9 heteroatoms. The van der Waals surface area contributed by atoms with E-state index in [1.165, 1.54) is 12.8 Å². The number of benzene rings is 1. The molecule has 0 saturated heterocycles. The molecule has 0 aliphatic heterocycles. The van der Waals surface area contributed by atoms with Crippen LogP contribution in [0.4, 0.5) is 11.6 Å². The first-order valence-corrected chi connectivity index (χ1v) is 12.4. The molecule has 8 nitrogen and oxygen atoms in total. The van der Waals surface area contributed by atoms with Gasteiger partial charge in [0.2, 0.25) is 5.95 Å². The number of Topliss-reactive ketones (excluding diaryl/α,β-unsaturated/α-hetero) is 1. The Morgan fingerprint density at radius 3 is 2.65 bits per heavy atom. The van der Waals surface area contributed by atoms with Gasteiger partial charge in [-0.1, -0.05) is 12.8 Å². The lowest BCUT2D eigenvalue weighted by Crippen LogP contribution is -2.26. The van der Waals surface area contributed by atoms with Gasteiger partial charge in [-0.2, -0.15) is 0 Å². The maximum absolute atomic E-state index is 12.3. The number of ketones is 1. The summed E-state index contributed by atoms with van der Waals surface area (Å²) in [6.45, 7) is 2.56. The van der Waals surface area contributed by atoms with Crippen molar-refractivity contribution in [2.45, 2.75) is 45.4 Å². The number of nitrogens with zero attached hydrogens (tertiary/aromatic N) is 2. The van der Waals surface area contributed by atoms with E-state index in [4.69, 9.17) is 14.5 Å². The van der Waals surface area contributed by atoms with Crippen LogP contribution < -0.4 is 15.4 Å². The number of carbonyl (C=O) groups is 2. The Balaban J connectivity index is 1.74. The maximum Gasteiger partial charge on any atom is 0.251 e. The minimum atomic E-state index is -0.198. The Hall–Kier alpha value is -2.52. The Morgan fingerprint density at radius 1 is 1.18 bits per heavy atom. The third kappa shape index (κ3) is 7.24. The van der Waals surface area contributed by atoms with Crippen molar-refractivity contribution >= 4 is 39.3 Å². The molecular weight excluding hydrogens is 500 g/mol. The molecule has 1 heterocycles. The van der Waals surface area contributed by atoms with E-state index in [2.05, 4.69) is 31.5 Å². The zero-order valence-electron chi connectivity index (χ0n) is 20.0. The summed E-state index contributed by atoms with van der Waals surface area (Å²) in [6, 6.07) is 5.18.